The molecule has 0 aromatic heterocycles. The predicted molar refractivity (Wildman–Crippen MR) is 90.4 cm³/mol. The van der Waals surface area contributed by atoms with Crippen LogP contribution in [-0.2, 0) is 19.6 Å². The quantitative estimate of drug-likeness (QED) is 0.801. The summed E-state index contributed by atoms with van der Waals surface area (Å²) in [6.07, 6.45) is 1.26. The molecule has 0 unspecified atom stereocenters. The number of hydrogen-bond acceptors (Lipinski definition) is 4. The number of ether oxygens (including phenoxy) is 1. The van der Waals surface area contributed by atoms with Crippen LogP contribution < -0.4 is 4.31 Å². The second-order valence-electron chi connectivity index (χ2n) is 5.46. The molecule has 23 heavy (non-hydrogen) atoms. The molecular weight excluding hydrogens is 340 g/mol. The van der Waals surface area contributed by atoms with Crippen LogP contribution in [0.1, 0.15) is 12.0 Å². The van der Waals surface area contributed by atoms with E-state index in [-0.39, 0.29) is 18.9 Å². The van der Waals surface area contributed by atoms with Crippen molar-refractivity contribution in [3.63, 3.8) is 0 Å². The summed E-state index contributed by atoms with van der Waals surface area (Å²) in [4.78, 5) is 13.9. The average molecular weight is 361 g/mol. The molecule has 1 aromatic rings. The molecule has 128 valence electrons. The molecule has 1 heterocycles. The van der Waals surface area contributed by atoms with E-state index < -0.39 is 10.0 Å². The summed E-state index contributed by atoms with van der Waals surface area (Å²) in [6, 6.07) is 5.11. The van der Waals surface area contributed by atoms with Crippen molar-refractivity contribution in [1.82, 2.24) is 4.90 Å². The summed E-state index contributed by atoms with van der Waals surface area (Å²) in [5, 5.41) is 0.496. The summed E-state index contributed by atoms with van der Waals surface area (Å²) in [5.41, 5.74) is 1.19. The molecule has 0 saturated carbocycles. The van der Waals surface area contributed by atoms with E-state index in [2.05, 4.69) is 0 Å². The van der Waals surface area contributed by atoms with Crippen molar-refractivity contribution in [3.8, 4) is 0 Å². The second-order valence-corrected chi connectivity index (χ2v) is 7.78. The zero-order valence-corrected chi connectivity index (χ0v) is 14.9. The number of benzene rings is 1. The van der Waals surface area contributed by atoms with Gasteiger partial charge in [-0.05, 0) is 24.6 Å². The Bertz CT molecular complexity index is 672. The molecule has 0 atom stereocenters. The molecule has 1 aromatic carbocycles. The summed E-state index contributed by atoms with van der Waals surface area (Å²) in [5.74, 6) is -0.0679. The van der Waals surface area contributed by atoms with Gasteiger partial charge in [-0.3, -0.25) is 9.10 Å². The molecule has 0 N–H and O–H groups in total. The summed E-state index contributed by atoms with van der Waals surface area (Å²) < 4.78 is 30.7. The molecule has 0 aliphatic carbocycles. The minimum atomic E-state index is -3.50. The van der Waals surface area contributed by atoms with Crippen LogP contribution in [0.4, 0.5) is 5.69 Å². The Morgan fingerprint density at radius 3 is 2.61 bits per heavy atom. The number of halogens is 1. The van der Waals surface area contributed by atoms with Gasteiger partial charge in [-0.25, -0.2) is 8.42 Å². The SMILES string of the molecule is Cc1c(Cl)cccc1N(CCC(=O)N1CCOCC1)S(C)(=O)=O. The zero-order chi connectivity index (χ0) is 17.0. The maximum absolute atomic E-state index is 12.2. The highest BCUT2D eigenvalue weighted by Crippen LogP contribution is 2.28. The van der Waals surface area contributed by atoms with Gasteiger partial charge in [0.2, 0.25) is 15.9 Å². The van der Waals surface area contributed by atoms with Crippen molar-refractivity contribution in [2.45, 2.75) is 13.3 Å². The lowest BCUT2D eigenvalue weighted by atomic mass is 10.2. The molecule has 0 radical (unpaired) electrons. The molecule has 1 saturated heterocycles. The lowest BCUT2D eigenvalue weighted by molar-refractivity contribution is -0.134. The van der Waals surface area contributed by atoms with Crippen LogP contribution in [0.3, 0.4) is 0 Å². The molecule has 1 aliphatic rings. The van der Waals surface area contributed by atoms with E-state index in [4.69, 9.17) is 16.3 Å². The standard InChI is InChI=1S/C15H21ClN2O4S/c1-12-13(16)4-3-5-14(12)18(23(2,20)21)7-6-15(19)17-8-10-22-11-9-17/h3-5H,6-11H2,1-2H3. The van der Waals surface area contributed by atoms with Crippen molar-refractivity contribution in [1.29, 1.82) is 0 Å². The van der Waals surface area contributed by atoms with E-state index >= 15 is 0 Å². The third-order valence-corrected chi connectivity index (χ3v) is 5.39. The number of nitrogens with zero attached hydrogens (tertiary/aromatic N) is 2. The second kappa shape index (κ2) is 7.51. The summed E-state index contributed by atoms with van der Waals surface area (Å²) in [6.45, 7) is 4.00. The Morgan fingerprint density at radius 1 is 1.35 bits per heavy atom. The first-order valence-corrected chi connectivity index (χ1v) is 9.61. The highest BCUT2D eigenvalue weighted by molar-refractivity contribution is 7.92. The molecule has 6 nitrogen and oxygen atoms in total. The summed E-state index contributed by atoms with van der Waals surface area (Å²) >= 11 is 6.08. The van der Waals surface area contributed by atoms with Crippen molar-refractivity contribution in [2.24, 2.45) is 0 Å². The first kappa shape index (κ1) is 18.0. The first-order valence-electron chi connectivity index (χ1n) is 7.39. The van der Waals surface area contributed by atoms with Gasteiger partial charge >= 0.3 is 0 Å². The van der Waals surface area contributed by atoms with Gasteiger partial charge in [-0.2, -0.15) is 0 Å². The molecule has 0 spiro atoms. The number of anilines is 1. The Morgan fingerprint density at radius 2 is 2.00 bits per heavy atom. The van der Waals surface area contributed by atoms with Gasteiger partial charge in [0, 0.05) is 31.1 Å². The lowest BCUT2D eigenvalue weighted by Crippen LogP contribution is -2.42. The average Bonchev–Trinajstić information content (AvgIpc) is 2.51. The highest BCUT2D eigenvalue weighted by atomic mass is 35.5. The van der Waals surface area contributed by atoms with Crippen molar-refractivity contribution < 1.29 is 17.9 Å². The van der Waals surface area contributed by atoms with Gasteiger partial charge in [-0.15, -0.1) is 0 Å². The van der Waals surface area contributed by atoms with Crippen molar-refractivity contribution in [2.75, 3.05) is 43.4 Å². The molecule has 0 bridgehead atoms. The Labute approximate surface area is 142 Å². The molecule has 8 heteroatoms. The highest BCUT2D eigenvalue weighted by Gasteiger charge is 2.23. The molecular formula is C15H21ClN2O4S. The van der Waals surface area contributed by atoms with Gasteiger partial charge < -0.3 is 9.64 Å². The predicted octanol–water partition coefficient (Wildman–Crippen LogP) is 1.66. The van der Waals surface area contributed by atoms with Gasteiger partial charge in [0.15, 0.2) is 0 Å². The number of sulfonamides is 1. The number of morpholine rings is 1. The van der Waals surface area contributed by atoms with E-state index in [1.807, 2.05) is 0 Å². The minimum absolute atomic E-state index is 0.0679. The molecule has 1 amide bonds. The van der Waals surface area contributed by atoms with E-state index in [0.717, 1.165) is 6.26 Å². The van der Waals surface area contributed by atoms with Crippen LogP contribution in [0.2, 0.25) is 5.02 Å². The van der Waals surface area contributed by atoms with Crippen molar-refractivity contribution >= 4 is 33.2 Å². The van der Waals surface area contributed by atoms with E-state index in [1.165, 1.54) is 4.31 Å². The number of carbonyl (C=O) groups excluding carboxylic acids is 1. The normalized spacial score (nSPS) is 15.5. The number of hydrogen-bond donors (Lipinski definition) is 0. The Hall–Kier alpha value is -1.31. The van der Waals surface area contributed by atoms with Crippen LogP contribution in [0.5, 0.6) is 0 Å². The van der Waals surface area contributed by atoms with Gasteiger partial charge in [0.05, 0.1) is 25.2 Å². The number of carbonyl (C=O) groups is 1. The lowest BCUT2D eigenvalue weighted by Gasteiger charge is -2.29. The van der Waals surface area contributed by atoms with E-state index in [1.54, 1.807) is 30.0 Å². The first-order chi connectivity index (χ1) is 10.8. The van der Waals surface area contributed by atoms with E-state index in [0.29, 0.717) is 42.6 Å². The Kier molecular flexibility index (Phi) is 5.89. The largest absolute Gasteiger partial charge is 0.378 e. The fraction of sp³-hybridized carbons (Fsp3) is 0.533. The Balaban J connectivity index is 2.14. The van der Waals surface area contributed by atoms with Crippen LogP contribution >= 0.6 is 11.6 Å². The zero-order valence-electron chi connectivity index (χ0n) is 13.3. The van der Waals surface area contributed by atoms with E-state index in [9.17, 15) is 13.2 Å². The third-order valence-electron chi connectivity index (χ3n) is 3.80. The fourth-order valence-electron chi connectivity index (χ4n) is 2.50. The van der Waals surface area contributed by atoms with Crippen LogP contribution in [0.25, 0.3) is 0 Å². The van der Waals surface area contributed by atoms with Crippen LogP contribution in [0, 0.1) is 6.92 Å². The molecule has 2 rings (SSSR count). The topological polar surface area (TPSA) is 66.9 Å². The maximum Gasteiger partial charge on any atom is 0.232 e. The van der Waals surface area contributed by atoms with Crippen LogP contribution in [0.15, 0.2) is 18.2 Å². The molecule has 1 aliphatic heterocycles. The monoisotopic (exact) mass is 360 g/mol. The summed E-state index contributed by atoms with van der Waals surface area (Å²) in [7, 11) is -3.50. The van der Waals surface area contributed by atoms with Gasteiger partial charge in [-0.1, -0.05) is 17.7 Å². The maximum atomic E-state index is 12.2. The number of rotatable bonds is 5. The number of amides is 1. The van der Waals surface area contributed by atoms with Crippen LogP contribution in [-0.4, -0.2) is 58.3 Å². The van der Waals surface area contributed by atoms with Gasteiger partial charge in [0.1, 0.15) is 0 Å². The van der Waals surface area contributed by atoms with Crippen molar-refractivity contribution in [3.05, 3.63) is 28.8 Å². The molecule has 1 fully saturated rings. The minimum Gasteiger partial charge on any atom is -0.378 e. The smallest absolute Gasteiger partial charge is 0.232 e. The third kappa shape index (κ3) is 4.59. The van der Waals surface area contributed by atoms with Gasteiger partial charge in [0.25, 0.3) is 0 Å². The fourth-order valence-corrected chi connectivity index (χ4v) is 3.65.